The molecule has 158 valence electrons. The predicted molar refractivity (Wildman–Crippen MR) is 103 cm³/mol. The highest BCUT2D eigenvalue weighted by molar-refractivity contribution is 5.99. The third-order valence-electron chi connectivity index (χ3n) is 5.71. The number of amides is 1. The number of hydrogen-bond acceptors (Lipinski definition) is 4. The number of nitrogens with zero attached hydrogens (tertiary/aromatic N) is 2. The highest BCUT2D eigenvalue weighted by atomic mass is 19.4. The van der Waals surface area contributed by atoms with Crippen molar-refractivity contribution in [1.29, 1.82) is 0 Å². The topological polar surface area (TPSA) is 59.5 Å². The van der Waals surface area contributed by atoms with Gasteiger partial charge in [0.15, 0.2) is 0 Å². The minimum absolute atomic E-state index is 0.0234. The molecule has 0 N–H and O–H groups in total. The van der Waals surface area contributed by atoms with Crippen LogP contribution in [0.1, 0.15) is 65.2 Å². The number of rotatable bonds is 4. The van der Waals surface area contributed by atoms with Crippen LogP contribution in [0, 0.1) is 0 Å². The molecule has 0 atom stereocenters. The zero-order chi connectivity index (χ0) is 21.3. The van der Waals surface area contributed by atoms with Gasteiger partial charge in [-0.3, -0.25) is 14.7 Å². The Morgan fingerprint density at radius 1 is 1.13 bits per heavy atom. The van der Waals surface area contributed by atoms with Gasteiger partial charge in [-0.25, -0.2) is 4.79 Å². The number of pyridine rings is 1. The van der Waals surface area contributed by atoms with Crippen LogP contribution in [-0.2, 0) is 22.7 Å². The zero-order valence-corrected chi connectivity index (χ0v) is 16.2. The molecule has 4 rings (SSSR count). The van der Waals surface area contributed by atoms with Gasteiger partial charge in [0.1, 0.15) is 6.61 Å². The first-order chi connectivity index (χ1) is 14.3. The van der Waals surface area contributed by atoms with E-state index in [1.807, 2.05) is 6.07 Å². The maximum Gasteiger partial charge on any atom is 0.471 e. The molecule has 2 heterocycles. The lowest BCUT2D eigenvalue weighted by molar-refractivity contribution is -0.170. The molecule has 0 spiro atoms. The maximum absolute atomic E-state index is 13.2. The Hall–Kier alpha value is -2.90. The molecule has 1 aromatic carbocycles. The normalized spacial score (nSPS) is 16.8. The van der Waals surface area contributed by atoms with Crippen LogP contribution >= 0.6 is 0 Å². The largest absolute Gasteiger partial charge is 0.471 e. The van der Waals surface area contributed by atoms with Crippen LogP contribution in [0.4, 0.5) is 18.9 Å². The van der Waals surface area contributed by atoms with Crippen molar-refractivity contribution in [2.45, 2.75) is 57.3 Å². The van der Waals surface area contributed by atoms with Gasteiger partial charge in [-0.15, -0.1) is 0 Å². The maximum atomic E-state index is 13.2. The third-order valence-corrected chi connectivity index (χ3v) is 5.71. The van der Waals surface area contributed by atoms with Gasteiger partial charge in [0, 0.05) is 17.4 Å². The van der Waals surface area contributed by atoms with E-state index in [1.165, 1.54) is 37.5 Å². The Bertz CT molecular complexity index is 951. The second-order valence-electron chi connectivity index (χ2n) is 7.72. The Balaban J connectivity index is 1.59. The fraction of sp³-hybridized carbons (Fsp3) is 0.409. The van der Waals surface area contributed by atoms with Gasteiger partial charge in [-0.2, -0.15) is 13.2 Å². The van der Waals surface area contributed by atoms with E-state index in [-0.39, 0.29) is 18.8 Å². The van der Waals surface area contributed by atoms with Crippen molar-refractivity contribution in [2.75, 3.05) is 4.90 Å². The average Bonchev–Trinajstić information content (AvgIpc) is 3.12. The van der Waals surface area contributed by atoms with Crippen LogP contribution in [0.15, 0.2) is 36.5 Å². The standard InChI is InChI=1S/C22H21F3N2O3/c23-22(24,25)21(29)27(18-8-9-19-16(10-18)13-30-20(19)28)12-17-7-6-15(11-26-17)14-4-2-1-3-5-14/h6-11,14H,1-5,12-13H2. The number of fused-ring (bicyclic) bond motifs is 1. The molecule has 0 radical (unpaired) electrons. The van der Waals surface area contributed by atoms with E-state index >= 15 is 0 Å². The Morgan fingerprint density at radius 2 is 1.90 bits per heavy atom. The van der Waals surface area contributed by atoms with Gasteiger partial charge < -0.3 is 4.74 Å². The summed E-state index contributed by atoms with van der Waals surface area (Å²) in [5, 5.41) is 0. The monoisotopic (exact) mass is 418 g/mol. The summed E-state index contributed by atoms with van der Waals surface area (Å²) in [4.78, 5) is 28.7. The van der Waals surface area contributed by atoms with E-state index in [1.54, 1.807) is 12.3 Å². The van der Waals surface area contributed by atoms with Crippen molar-refractivity contribution in [3.8, 4) is 0 Å². The first-order valence-electron chi connectivity index (χ1n) is 9.96. The van der Waals surface area contributed by atoms with Crippen molar-refractivity contribution in [3.05, 3.63) is 58.9 Å². The molecule has 30 heavy (non-hydrogen) atoms. The second-order valence-corrected chi connectivity index (χ2v) is 7.72. The van der Waals surface area contributed by atoms with E-state index in [2.05, 4.69) is 4.98 Å². The molecule has 5 nitrogen and oxygen atoms in total. The summed E-state index contributed by atoms with van der Waals surface area (Å²) in [6.07, 6.45) is 2.43. The zero-order valence-electron chi connectivity index (χ0n) is 16.2. The Kier molecular flexibility index (Phi) is 5.49. The fourth-order valence-corrected chi connectivity index (χ4v) is 4.09. The van der Waals surface area contributed by atoms with Crippen LogP contribution in [0.3, 0.4) is 0 Å². The predicted octanol–water partition coefficient (Wildman–Crippen LogP) is 4.90. The number of aromatic nitrogens is 1. The molecule has 2 aromatic rings. The summed E-state index contributed by atoms with van der Waals surface area (Å²) in [6.45, 7) is -0.346. The Labute approximate surface area is 171 Å². The number of hydrogen-bond donors (Lipinski definition) is 0. The summed E-state index contributed by atoms with van der Waals surface area (Å²) >= 11 is 0. The highest BCUT2D eigenvalue weighted by Crippen LogP contribution is 2.33. The molecule has 1 aliphatic carbocycles. The molecule has 0 bridgehead atoms. The van der Waals surface area contributed by atoms with Crippen molar-refractivity contribution >= 4 is 17.6 Å². The number of cyclic esters (lactones) is 1. The molecular weight excluding hydrogens is 397 g/mol. The fourth-order valence-electron chi connectivity index (χ4n) is 4.09. The lowest BCUT2D eigenvalue weighted by Gasteiger charge is -2.25. The van der Waals surface area contributed by atoms with E-state index in [0.29, 0.717) is 27.6 Å². The van der Waals surface area contributed by atoms with Crippen LogP contribution in [0.5, 0.6) is 0 Å². The molecule has 8 heteroatoms. The molecule has 0 saturated heterocycles. The lowest BCUT2D eigenvalue weighted by Crippen LogP contribution is -2.41. The number of alkyl halides is 3. The van der Waals surface area contributed by atoms with Gasteiger partial charge in [-0.05, 0) is 48.6 Å². The summed E-state index contributed by atoms with van der Waals surface area (Å²) < 4.78 is 44.6. The SMILES string of the molecule is O=C1OCc2cc(N(Cc3ccc(C4CCCCC4)cn3)C(=O)C(F)(F)F)ccc21. The smallest absolute Gasteiger partial charge is 0.457 e. The van der Waals surface area contributed by atoms with Crippen LogP contribution in [0.25, 0.3) is 0 Å². The summed E-state index contributed by atoms with van der Waals surface area (Å²) in [5.74, 6) is -2.07. The van der Waals surface area contributed by atoms with Gasteiger partial charge in [0.05, 0.1) is 17.8 Å². The number of halogens is 3. The van der Waals surface area contributed by atoms with E-state index in [4.69, 9.17) is 4.74 Å². The first kappa shape index (κ1) is 20.4. The van der Waals surface area contributed by atoms with E-state index < -0.39 is 18.1 Å². The van der Waals surface area contributed by atoms with Gasteiger partial charge in [0.25, 0.3) is 0 Å². The number of anilines is 1. The first-order valence-corrected chi connectivity index (χ1v) is 9.96. The number of ether oxygens (including phenoxy) is 1. The summed E-state index contributed by atoms with van der Waals surface area (Å²) in [7, 11) is 0. The summed E-state index contributed by atoms with van der Waals surface area (Å²) in [6, 6.07) is 7.67. The molecule has 1 amide bonds. The molecule has 1 aliphatic heterocycles. The molecule has 1 saturated carbocycles. The van der Waals surface area contributed by atoms with Crippen molar-refractivity contribution in [1.82, 2.24) is 4.98 Å². The highest BCUT2D eigenvalue weighted by Gasteiger charge is 2.43. The lowest BCUT2D eigenvalue weighted by atomic mass is 9.85. The minimum Gasteiger partial charge on any atom is -0.457 e. The van der Waals surface area contributed by atoms with E-state index in [9.17, 15) is 22.8 Å². The summed E-state index contributed by atoms with van der Waals surface area (Å²) in [5.41, 5.74) is 2.25. The number of esters is 1. The number of carbonyl (C=O) groups is 2. The van der Waals surface area contributed by atoms with Gasteiger partial charge in [-0.1, -0.05) is 25.3 Å². The van der Waals surface area contributed by atoms with Crippen LogP contribution < -0.4 is 4.90 Å². The quantitative estimate of drug-likeness (QED) is 0.663. The number of benzene rings is 1. The van der Waals surface area contributed by atoms with Crippen LogP contribution in [0.2, 0.25) is 0 Å². The Morgan fingerprint density at radius 3 is 2.57 bits per heavy atom. The molecular formula is C22H21F3N2O3. The average molecular weight is 418 g/mol. The molecule has 2 aliphatic rings. The third kappa shape index (κ3) is 4.17. The van der Waals surface area contributed by atoms with Gasteiger partial charge >= 0.3 is 18.1 Å². The van der Waals surface area contributed by atoms with Crippen molar-refractivity contribution in [2.24, 2.45) is 0 Å². The van der Waals surface area contributed by atoms with Gasteiger partial charge in [0.2, 0.25) is 0 Å². The minimum atomic E-state index is -5.03. The van der Waals surface area contributed by atoms with Crippen molar-refractivity contribution in [3.63, 3.8) is 0 Å². The van der Waals surface area contributed by atoms with E-state index in [0.717, 1.165) is 18.4 Å². The molecule has 0 unspecified atom stereocenters. The van der Waals surface area contributed by atoms with Crippen molar-refractivity contribution < 1.29 is 27.5 Å². The molecule has 1 aromatic heterocycles. The van der Waals surface area contributed by atoms with Crippen LogP contribution in [-0.4, -0.2) is 23.0 Å². The molecule has 1 fully saturated rings. The second kappa shape index (κ2) is 8.08. The number of carbonyl (C=O) groups excluding carboxylic acids is 2.